The maximum Gasteiger partial charge on any atom is 0.220 e. The molecule has 0 aliphatic heterocycles. The number of hydrogen-bond donors (Lipinski definition) is 1. The molecule has 14 heavy (non-hydrogen) atoms. The molecule has 0 aliphatic carbocycles. The van der Waals surface area contributed by atoms with Crippen LogP contribution in [0.15, 0.2) is 0 Å². The summed E-state index contributed by atoms with van der Waals surface area (Å²) in [5, 5.41) is 2.94. The van der Waals surface area contributed by atoms with Gasteiger partial charge in [0, 0.05) is 12.0 Å². The summed E-state index contributed by atoms with van der Waals surface area (Å²) in [6.45, 7) is 14.3. The monoisotopic (exact) mass is 201 g/mol. The molecule has 1 N–H and O–H groups in total. The highest BCUT2D eigenvalue weighted by atomic mass is 16.1. The molecule has 0 fully saturated rings. The van der Waals surface area contributed by atoms with E-state index in [2.05, 4.69) is 19.2 Å². The second kappa shape index (κ2) is 7.84. The first-order valence-corrected chi connectivity index (χ1v) is 5.62. The van der Waals surface area contributed by atoms with Gasteiger partial charge < -0.3 is 5.32 Å². The lowest BCUT2D eigenvalue weighted by atomic mass is 10.1. The van der Waals surface area contributed by atoms with Crippen molar-refractivity contribution in [3.63, 3.8) is 0 Å². The number of rotatable bonds is 3. The number of amides is 1. The van der Waals surface area contributed by atoms with Gasteiger partial charge in [-0.15, -0.1) is 0 Å². The summed E-state index contributed by atoms with van der Waals surface area (Å²) in [5.74, 6) is 0.770. The lowest BCUT2D eigenvalue weighted by molar-refractivity contribution is -0.122. The minimum absolute atomic E-state index is 0.0892. The van der Waals surface area contributed by atoms with E-state index in [-0.39, 0.29) is 11.4 Å². The summed E-state index contributed by atoms with van der Waals surface area (Å²) in [5.41, 5.74) is -0.0892. The van der Waals surface area contributed by atoms with Crippen molar-refractivity contribution in [1.29, 1.82) is 0 Å². The molecule has 0 spiro atoms. The molecule has 0 saturated carbocycles. The minimum Gasteiger partial charge on any atom is -0.352 e. The van der Waals surface area contributed by atoms with E-state index in [1.807, 2.05) is 34.6 Å². The van der Waals surface area contributed by atoms with Crippen LogP contribution in [0, 0.1) is 5.92 Å². The topological polar surface area (TPSA) is 29.1 Å². The van der Waals surface area contributed by atoms with Gasteiger partial charge >= 0.3 is 0 Å². The predicted octanol–water partition coefficient (Wildman–Crippen LogP) is 3.36. The maximum atomic E-state index is 11.3. The van der Waals surface area contributed by atoms with Gasteiger partial charge in [0.25, 0.3) is 0 Å². The van der Waals surface area contributed by atoms with Crippen LogP contribution in [0.2, 0.25) is 0 Å². The largest absolute Gasteiger partial charge is 0.352 e. The molecule has 0 aromatic heterocycles. The number of hydrogen-bond acceptors (Lipinski definition) is 1. The van der Waals surface area contributed by atoms with Gasteiger partial charge in [0.05, 0.1) is 0 Å². The summed E-state index contributed by atoms with van der Waals surface area (Å²) >= 11 is 0. The molecule has 1 amide bonds. The van der Waals surface area contributed by atoms with Crippen molar-refractivity contribution in [2.24, 2.45) is 5.92 Å². The summed E-state index contributed by atoms with van der Waals surface area (Å²) in [6.07, 6.45) is 1.62. The van der Waals surface area contributed by atoms with Crippen molar-refractivity contribution in [2.75, 3.05) is 0 Å². The van der Waals surface area contributed by atoms with E-state index in [0.717, 1.165) is 6.42 Å². The molecule has 0 atom stereocenters. The Labute approximate surface area is 89.5 Å². The number of carbonyl (C=O) groups is 1. The summed E-state index contributed by atoms with van der Waals surface area (Å²) < 4.78 is 0. The Morgan fingerprint density at radius 1 is 1.21 bits per heavy atom. The quantitative estimate of drug-likeness (QED) is 0.745. The molecule has 0 aromatic rings. The zero-order chi connectivity index (χ0) is 11.8. The van der Waals surface area contributed by atoms with Crippen LogP contribution in [-0.2, 0) is 4.79 Å². The van der Waals surface area contributed by atoms with Crippen LogP contribution in [0.3, 0.4) is 0 Å². The van der Waals surface area contributed by atoms with Crippen molar-refractivity contribution < 1.29 is 4.79 Å². The second-order valence-corrected chi connectivity index (χ2v) is 4.73. The van der Waals surface area contributed by atoms with E-state index in [9.17, 15) is 4.79 Å². The highest BCUT2D eigenvalue weighted by Gasteiger charge is 2.13. The van der Waals surface area contributed by atoms with Crippen molar-refractivity contribution in [1.82, 2.24) is 5.32 Å². The molecule has 0 radical (unpaired) electrons. The first-order chi connectivity index (χ1) is 6.31. The fourth-order valence-electron chi connectivity index (χ4n) is 0.901. The molecule has 0 unspecified atom stereocenters. The van der Waals surface area contributed by atoms with Gasteiger partial charge in [-0.2, -0.15) is 0 Å². The van der Waals surface area contributed by atoms with Crippen molar-refractivity contribution in [3.05, 3.63) is 0 Å². The van der Waals surface area contributed by atoms with Crippen molar-refractivity contribution in [3.8, 4) is 0 Å². The normalized spacial score (nSPS) is 10.6. The lowest BCUT2D eigenvalue weighted by Gasteiger charge is -2.20. The van der Waals surface area contributed by atoms with E-state index in [4.69, 9.17) is 0 Å². The van der Waals surface area contributed by atoms with E-state index in [1.54, 1.807) is 0 Å². The Balaban J connectivity index is 0. The zero-order valence-corrected chi connectivity index (χ0v) is 10.9. The molecule has 0 aliphatic rings. The fraction of sp³-hybridized carbons (Fsp3) is 0.917. The molecule has 0 saturated heterocycles. The molecule has 86 valence electrons. The Bertz CT molecular complexity index is 145. The third-order valence-electron chi connectivity index (χ3n) is 1.46. The standard InChI is InChI=1S/C10H21NO.C2H6/c1-8(2)6-7-9(12)11-10(3,4)5;1-2/h8H,6-7H2,1-5H3,(H,11,12);1-2H3. The first kappa shape index (κ1) is 15.9. The van der Waals surface area contributed by atoms with Crippen LogP contribution in [0.25, 0.3) is 0 Å². The summed E-state index contributed by atoms with van der Waals surface area (Å²) in [7, 11) is 0. The lowest BCUT2D eigenvalue weighted by Crippen LogP contribution is -2.40. The SMILES string of the molecule is CC.CC(C)CCC(=O)NC(C)(C)C. The van der Waals surface area contributed by atoms with E-state index < -0.39 is 0 Å². The van der Waals surface area contributed by atoms with Crippen LogP contribution in [-0.4, -0.2) is 11.4 Å². The zero-order valence-electron chi connectivity index (χ0n) is 10.9. The van der Waals surface area contributed by atoms with Crippen LogP contribution in [0.5, 0.6) is 0 Å². The van der Waals surface area contributed by atoms with E-state index in [0.29, 0.717) is 12.3 Å². The van der Waals surface area contributed by atoms with Gasteiger partial charge in [0.1, 0.15) is 0 Å². The molecule has 2 heteroatoms. The summed E-state index contributed by atoms with van der Waals surface area (Å²) in [4.78, 5) is 11.3. The van der Waals surface area contributed by atoms with Gasteiger partial charge in [-0.3, -0.25) is 4.79 Å². The van der Waals surface area contributed by atoms with Crippen LogP contribution < -0.4 is 5.32 Å². The Hall–Kier alpha value is -0.530. The van der Waals surface area contributed by atoms with Gasteiger partial charge in [-0.25, -0.2) is 0 Å². The average Bonchev–Trinajstić information content (AvgIpc) is 2.02. The molecular formula is C12H27NO. The van der Waals surface area contributed by atoms with Gasteiger partial charge in [-0.1, -0.05) is 27.7 Å². The van der Waals surface area contributed by atoms with Gasteiger partial charge in [0.2, 0.25) is 5.91 Å². The van der Waals surface area contributed by atoms with Gasteiger partial charge in [-0.05, 0) is 33.1 Å². The third-order valence-corrected chi connectivity index (χ3v) is 1.46. The molecule has 0 aromatic carbocycles. The fourth-order valence-corrected chi connectivity index (χ4v) is 0.901. The molecule has 0 rings (SSSR count). The molecular weight excluding hydrogens is 174 g/mol. The molecule has 0 bridgehead atoms. The third kappa shape index (κ3) is 14.0. The first-order valence-electron chi connectivity index (χ1n) is 5.62. The van der Waals surface area contributed by atoms with Crippen molar-refractivity contribution >= 4 is 5.91 Å². The van der Waals surface area contributed by atoms with Crippen LogP contribution in [0.1, 0.15) is 61.3 Å². The Morgan fingerprint density at radius 2 is 1.64 bits per heavy atom. The highest BCUT2D eigenvalue weighted by Crippen LogP contribution is 2.05. The van der Waals surface area contributed by atoms with Crippen LogP contribution >= 0.6 is 0 Å². The minimum atomic E-state index is -0.0892. The smallest absolute Gasteiger partial charge is 0.220 e. The summed E-state index contributed by atoms with van der Waals surface area (Å²) in [6, 6.07) is 0. The Kier molecular flexibility index (Phi) is 8.91. The second-order valence-electron chi connectivity index (χ2n) is 4.73. The highest BCUT2D eigenvalue weighted by molar-refractivity contribution is 5.76. The molecule has 2 nitrogen and oxygen atoms in total. The molecule has 0 heterocycles. The maximum absolute atomic E-state index is 11.3. The number of carbonyl (C=O) groups excluding carboxylic acids is 1. The Morgan fingerprint density at radius 3 is 1.93 bits per heavy atom. The van der Waals surface area contributed by atoms with E-state index >= 15 is 0 Å². The van der Waals surface area contributed by atoms with E-state index in [1.165, 1.54) is 0 Å². The average molecular weight is 201 g/mol. The number of nitrogens with one attached hydrogen (secondary N) is 1. The van der Waals surface area contributed by atoms with Crippen LogP contribution in [0.4, 0.5) is 0 Å². The van der Waals surface area contributed by atoms with Crippen molar-refractivity contribution in [2.45, 2.75) is 66.8 Å². The van der Waals surface area contributed by atoms with Gasteiger partial charge in [0.15, 0.2) is 0 Å². The predicted molar refractivity (Wildman–Crippen MR) is 63.3 cm³/mol.